The van der Waals surface area contributed by atoms with Crippen molar-refractivity contribution in [2.45, 2.75) is 0 Å². The lowest BCUT2D eigenvalue weighted by Crippen LogP contribution is -1.90. The molecule has 0 saturated carbocycles. The van der Waals surface area contributed by atoms with E-state index >= 15 is 0 Å². The molecule has 0 atom stereocenters. The molecule has 0 aliphatic heterocycles. The van der Waals surface area contributed by atoms with Gasteiger partial charge in [-0.1, -0.05) is 12.1 Å². The third-order valence-corrected chi connectivity index (χ3v) is 2.67. The summed E-state index contributed by atoms with van der Waals surface area (Å²) >= 11 is 0. The average molecular weight is 225 g/mol. The molecule has 0 aliphatic rings. The fourth-order valence-corrected chi connectivity index (χ4v) is 1.78. The first-order chi connectivity index (χ1) is 8.38. The molecule has 1 aromatic carbocycles. The highest BCUT2D eigenvalue weighted by Gasteiger charge is 2.07. The summed E-state index contributed by atoms with van der Waals surface area (Å²) in [5.74, 6) is 0. The Balaban J connectivity index is 2.16. The van der Waals surface area contributed by atoms with Crippen LogP contribution in [0.5, 0.6) is 0 Å². The molecule has 0 radical (unpaired) electrons. The summed E-state index contributed by atoms with van der Waals surface area (Å²) < 4.78 is 0. The number of H-pyrrole nitrogens is 1. The lowest BCUT2D eigenvalue weighted by Gasteiger charge is -2.03. The average Bonchev–Trinajstić information content (AvgIpc) is 2.87. The van der Waals surface area contributed by atoms with Gasteiger partial charge in [0, 0.05) is 18.3 Å². The van der Waals surface area contributed by atoms with Crippen LogP contribution in [0.2, 0.25) is 0 Å². The quantitative estimate of drug-likeness (QED) is 0.700. The van der Waals surface area contributed by atoms with E-state index in [4.69, 9.17) is 0 Å². The second-order valence-corrected chi connectivity index (χ2v) is 3.65. The Hall–Kier alpha value is -2.43. The molecule has 0 bridgehead atoms. The van der Waals surface area contributed by atoms with Crippen LogP contribution in [0, 0.1) is 0 Å². The maximum atomic E-state index is 4.30. The summed E-state index contributed by atoms with van der Waals surface area (Å²) in [5, 5.41) is 3.08. The maximum absolute atomic E-state index is 4.30. The van der Waals surface area contributed by atoms with E-state index in [2.05, 4.69) is 25.3 Å². The third kappa shape index (κ3) is 1.61. The van der Waals surface area contributed by atoms with Gasteiger partial charge in [-0.15, -0.1) is 0 Å². The van der Waals surface area contributed by atoms with Gasteiger partial charge in [0.05, 0.1) is 12.0 Å². The van der Waals surface area contributed by atoms with Gasteiger partial charge < -0.3 is 10.3 Å². The molecule has 2 heterocycles. The van der Waals surface area contributed by atoms with Gasteiger partial charge in [-0.3, -0.25) is 0 Å². The number of nitrogens with zero attached hydrogens (tertiary/aromatic N) is 3. The van der Waals surface area contributed by atoms with Crippen LogP contribution in [0.15, 0.2) is 36.9 Å². The molecule has 5 nitrogen and oxygen atoms in total. The fourth-order valence-electron chi connectivity index (χ4n) is 1.78. The Labute approximate surface area is 98.0 Å². The molecular weight excluding hydrogens is 214 g/mol. The number of imidazole rings is 1. The molecule has 0 spiro atoms. The molecule has 2 N–H and O–H groups in total. The van der Waals surface area contributed by atoms with Crippen LogP contribution >= 0.6 is 0 Å². The van der Waals surface area contributed by atoms with Crippen molar-refractivity contribution in [1.29, 1.82) is 0 Å². The van der Waals surface area contributed by atoms with Crippen LogP contribution in [0.25, 0.3) is 22.4 Å². The maximum Gasteiger partial charge on any atom is 0.181 e. The van der Waals surface area contributed by atoms with Crippen molar-refractivity contribution in [3.63, 3.8) is 0 Å². The van der Waals surface area contributed by atoms with Crippen LogP contribution < -0.4 is 5.32 Å². The Morgan fingerprint density at radius 1 is 1.06 bits per heavy atom. The summed E-state index contributed by atoms with van der Waals surface area (Å²) in [5.41, 5.74) is 4.54. The molecule has 0 amide bonds. The Morgan fingerprint density at radius 2 is 1.88 bits per heavy atom. The first-order valence-electron chi connectivity index (χ1n) is 5.31. The Kier molecular flexibility index (Phi) is 2.22. The molecule has 84 valence electrons. The number of rotatable bonds is 2. The van der Waals surface area contributed by atoms with Gasteiger partial charge in [0.2, 0.25) is 0 Å². The number of benzene rings is 1. The van der Waals surface area contributed by atoms with E-state index in [-0.39, 0.29) is 0 Å². The Bertz CT molecular complexity index is 641. The van der Waals surface area contributed by atoms with Gasteiger partial charge in [-0.2, -0.15) is 0 Å². The summed E-state index contributed by atoms with van der Waals surface area (Å²) in [6, 6.07) is 8.07. The first kappa shape index (κ1) is 9.77. The topological polar surface area (TPSA) is 66.5 Å². The van der Waals surface area contributed by atoms with Crippen molar-refractivity contribution in [2.24, 2.45) is 0 Å². The number of aromatic nitrogens is 4. The van der Waals surface area contributed by atoms with E-state index in [1.54, 1.807) is 6.33 Å². The van der Waals surface area contributed by atoms with E-state index in [0.717, 1.165) is 22.5 Å². The van der Waals surface area contributed by atoms with E-state index in [1.165, 1.54) is 6.33 Å². The second kappa shape index (κ2) is 3.86. The van der Waals surface area contributed by atoms with Gasteiger partial charge in [0.15, 0.2) is 5.65 Å². The highest BCUT2D eigenvalue weighted by Crippen LogP contribution is 2.23. The van der Waals surface area contributed by atoms with Crippen LogP contribution in [0.4, 0.5) is 5.69 Å². The highest BCUT2D eigenvalue weighted by atomic mass is 15.0. The molecule has 2 aromatic heterocycles. The molecule has 17 heavy (non-hydrogen) atoms. The zero-order valence-electron chi connectivity index (χ0n) is 9.31. The van der Waals surface area contributed by atoms with Gasteiger partial charge in [0.25, 0.3) is 0 Å². The van der Waals surface area contributed by atoms with Crippen molar-refractivity contribution in [3.05, 3.63) is 36.9 Å². The van der Waals surface area contributed by atoms with Crippen LogP contribution in [0.1, 0.15) is 0 Å². The van der Waals surface area contributed by atoms with Gasteiger partial charge >= 0.3 is 0 Å². The van der Waals surface area contributed by atoms with Gasteiger partial charge in [-0.25, -0.2) is 15.0 Å². The lowest BCUT2D eigenvalue weighted by molar-refractivity contribution is 1.20. The number of fused-ring (bicyclic) bond motifs is 1. The van der Waals surface area contributed by atoms with Crippen LogP contribution in [-0.2, 0) is 0 Å². The predicted molar refractivity (Wildman–Crippen MR) is 66.7 cm³/mol. The predicted octanol–water partition coefficient (Wildman–Crippen LogP) is 2.06. The molecule has 3 rings (SSSR count). The number of nitrogens with one attached hydrogen (secondary N) is 2. The monoisotopic (exact) mass is 225 g/mol. The minimum atomic E-state index is 0.688. The molecule has 0 aliphatic carbocycles. The third-order valence-electron chi connectivity index (χ3n) is 2.67. The molecule has 0 saturated heterocycles. The second-order valence-electron chi connectivity index (χ2n) is 3.65. The van der Waals surface area contributed by atoms with Crippen LogP contribution in [-0.4, -0.2) is 27.0 Å². The normalized spacial score (nSPS) is 10.6. The summed E-state index contributed by atoms with van der Waals surface area (Å²) in [6.07, 6.45) is 3.16. The van der Waals surface area contributed by atoms with E-state index < -0.39 is 0 Å². The molecule has 0 fully saturated rings. The minimum absolute atomic E-state index is 0.688. The number of anilines is 1. The molecule has 0 unspecified atom stereocenters. The van der Waals surface area contributed by atoms with Crippen molar-refractivity contribution < 1.29 is 0 Å². The largest absolute Gasteiger partial charge is 0.388 e. The summed E-state index contributed by atoms with van der Waals surface area (Å²) in [4.78, 5) is 15.6. The number of aromatic amines is 1. The van der Waals surface area contributed by atoms with Crippen molar-refractivity contribution in [1.82, 2.24) is 19.9 Å². The van der Waals surface area contributed by atoms with Gasteiger partial charge in [0.1, 0.15) is 11.8 Å². The van der Waals surface area contributed by atoms with Crippen molar-refractivity contribution in [2.75, 3.05) is 12.4 Å². The smallest absolute Gasteiger partial charge is 0.181 e. The summed E-state index contributed by atoms with van der Waals surface area (Å²) in [6.45, 7) is 0. The lowest BCUT2D eigenvalue weighted by atomic mass is 10.1. The Morgan fingerprint density at radius 3 is 2.65 bits per heavy atom. The van der Waals surface area contributed by atoms with E-state index in [0.29, 0.717) is 5.65 Å². The van der Waals surface area contributed by atoms with Crippen molar-refractivity contribution in [3.8, 4) is 11.3 Å². The molecular formula is C12H11N5. The highest BCUT2D eigenvalue weighted by molar-refractivity contribution is 5.86. The minimum Gasteiger partial charge on any atom is -0.388 e. The molecule has 3 aromatic rings. The molecule has 5 heteroatoms. The summed E-state index contributed by atoms with van der Waals surface area (Å²) in [7, 11) is 1.90. The van der Waals surface area contributed by atoms with Crippen molar-refractivity contribution >= 4 is 16.9 Å². The number of hydrogen-bond acceptors (Lipinski definition) is 4. The standard InChI is InChI=1S/C12H11N5/c1-13-9-4-2-8(3-5-9)10-11-12(16-6-14-10)17-7-15-11/h2-7,13H,1H3,(H,14,15,16,17). The zero-order chi connectivity index (χ0) is 11.7. The van der Waals surface area contributed by atoms with Crippen LogP contribution in [0.3, 0.4) is 0 Å². The number of hydrogen-bond donors (Lipinski definition) is 2. The zero-order valence-corrected chi connectivity index (χ0v) is 9.31. The van der Waals surface area contributed by atoms with E-state index in [1.807, 2.05) is 31.3 Å². The van der Waals surface area contributed by atoms with E-state index in [9.17, 15) is 0 Å². The SMILES string of the molecule is CNc1ccc(-c2ncnc3nc[nH]c23)cc1. The fraction of sp³-hybridized carbons (Fsp3) is 0.0833. The first-order valence-corrected chi connectivity index (χ1v) is 5.31. The van der Waals surface area contributed by atoms with Gasteiger partial charge in [-0.05, 0) is 12.1 Å².